The highest BCUT2D eigenvalue weighted by Gasteiger charge is 2.18. The van der Waals surface area contributed by atoms with Crippen LogP contribution in [0.25, 0.3) is 76.9 Å². The fraction of sp³-hybridized carbons (Fsp3) is 0. The Bertz CT molecular complexity index is 2260. The van der Waals surface area contributed by atoms with E-state index in [0.29, 0.717) is 16.5 Å². The summed E-state index contributed by atoms with van der Waals surface area (Å²) in [6.07, 6.45) is 0. The monoisotopic (exact) mass is 499 g/mol. The summed E-state index contributed by atoms with van der Waals surface area (Å²) in [7, 11) is 0. The molecule has 0 fully saturated rings. The summed E-state index contributed by atoms with van der Waals surface area (Å²) >= 11 is 0. The van der Waals surface area contributed by atoms with Gasteiger partial charge in [-0.25, -0.2) is 0 Å². The van der Waals surface area contributed by atoms with E-state index >= 15 is 0 Å². The molecule has 0 saturated heterocycles. The van der Waals surface area contributed by atoms with E-state index in [1.54, 1.807) is 0 Å². The Hall–Kier alpha value is -5.14. The number of rotatable bonds is 3. The van der Waals surface area contributed by atoms with Crippen molar-refractivity contribution < 1.29 is 8.53 Å². The Kier molecular flexibility index (Phi) is 4.25. The minimum absolute atomic E-state index is 0.00409. The molecule has 0 aliphatic heterocycles. The predicted octanol–water partition coefficient (Wildman–Crippen LogP) is 10.9. The van der Waals surface area contributed by atoms with Gasteiger partial charge < -0.3 is 4.42 Å². The molecule has 182 valence electrons. The molecule has 1 heteroatoms. The maximum absolute atomic E-state index is 9.59. The molecule has 0 amide bonds. The third-order valence-electron chi connectivity index (χ3n) is 7.60. The van der Waals surface area contributed by atoms with E-state index < -0.39 is 0 Å². The lowest BCUT2D eigenvalue weighted by Gasteiger charge is -2.17. The molecule has 39 heavy (non-hydrogen) atoms. The maximum atomic E-state index is 9.59. The Balaban J connectivity index is 1.53. The zero-order valence-corrected chi connectivity index (χ0v) is 21.0. The van der Waals surface area contributed by atoms with Crippen LogP contribution < -0.4 is 0 Å². The molecule has 1 nitrogen and oxygen atoms in total. The normalized spacial score (nSPS) is 12.7. The van der Waals surface area contributed by atoms with Crippen molar-refractivity contribution in [2.75, 3.05) is 0 Å². The molecule has 8 aromatic rings. The van der Waals surface area contributed by atoms with Crippen LogP contribution in [0.1, 0.15) is 4.11 Å². The second-order valence-electron chi connectivity index (χ2n) is 9.81. The number of hydrogen-bond donors (Lipinski definition) is 0. The quantitative estimate of drug-likeness (QED) is 0.220. The van der Waals surface area contributed by atoms with Crippen molar-refractivity contribution in [3.63, 3.8) is 0 Å². The van der Waals surface area contributed by atoms with E-state index in [-0.39, 0.29) is 23.7 Å². The Morgan fingerprint density at radius 1 is 0.410 bits per heavy atom. The highest BCUT2D eigenvalue weighted by atomic mass is 16.3. The summed E-state index contributed by atoms with van der Waals surface area (Å²) in [5.41, 5.74) is 6.30. The largest absolute Gasteiger partial charge is 0.455 e. The highest BCUT2D eigenvalue weighted by Crippen LogP contribution is 2.45. The standard InChI is InChI=1S/C38H24O/c1-3-12-25(13-4-1)28-20-11-21-33-34-24-27(22-23-35(34)39-38(28)33)37-31-18-9-7-16-29(31)36(26-14-5-2-6-15-26)30-17-8-10-19-32(30)37/h1-24H/i22D,23D,24D. The molecule has 1 aromatic heterocycles. The van der Waals surface area contributed by atoms with E-state index in [1.807, 2.05) is 91.0 Å². The van der Waals surface area contributed by atoms with E-state index in [2.05, 4.69) is 36.4 Å². The number of hydrogen-bond acceptors (Lipinski definition) is 1. The molecular formula is C38H24O. The van der Waals surface area contributed by atoms with Crippen molar-refractivity contribution in [1.29, 1.82) is 0 Å². The topological polar surface area (TPSA) is 13.1 Å². The van der Waals surface area contributed by atoms with Gasteiger partial charge in [0.05, 0.1) is 4.11 Å². The van der Waals surface area contributed by atoms with Gasteiger partial charge in [-0.1, -0.05) is 133 Å². The molecule has 8 rings (SSSR count). The van der Waals surface area contributed by atoms with Gasteiger partial charge in [0.15, 0.2) is 0 Å². The molecule has 0 unspecified atom stereocenters. The average molecular weight is 500 g/mol. The fourth-order valence-corrected chi connectivity index (χ4v) is 5.89. The SMILES string of the molecule is [2H]c1c(-c2c3ccccc3c(-c3ccccc3)c3ccccc23)c([2H])c2c(oc3c(-c4ccccc4)cccc32)c1[2H]. The smallest absolute Gasteiger partial charge is 0.143 e. The Morgan fingerprint density at radius 2 is 0.923 bits per heavy atom. The number of furan rings is 1. The molecule has 0 N–H and O–H groups in total. The van der Waals surface area contributed by atoms with Crippen molar-refractivity contribution in [1.82, 2.24) is 0 Å². The lowest BCUT2D eigenvalue weighted by atomic mass is 9.86. The molecule has 0 spiro atoms. The van der Waals surface area contributed by atoms with Gasteiger partial charge in [-0.2, -0.15) is 0 Å². The molecule has 0 bridgehead atoms. The molecular weight excluding hydrogens is 472 g/mol. The first kappa shape index (κ1) is 19.0. The van der Waals surface area contributed by atoms with Crippen molar-refractivity contribution in [3.8, 4) is 33.4 Å². The maximum Gasteiger partial charge on any atom is 0.143 e. The minimum Gasteiger partial charge on any atom is -0.455 e. The van der Waals surface area contributed by atoms with Gasteiger partial charge in [-0.3, -0.25) is 0 Å². The first-order valence-corrected chi connectivity index (χ1v) is 13.1. The third-order valence-corrected chi connectivity index (χ3v) is 7.60. The first-order chi connectivity index (χ1) is 20.6. The van der Waals surface area contributed by atoms with Crippen LogP contribution in [-0.4, -0.2) is 0 Å². The summed E-state index contributed by atoms with van der Waals surface area (Å²) in [5.74, 6) is 0. The second-order valence-corrected chi connectivity index (χ2v) is 9.81. The van der Waals surface area contributed by atoms with Gasteiger partial charge in [0.2, 0.25) is 0 Å². The van der Waals surface area contributed by atoms with Gasteiger partial charge in [-0.05, 0) is 61.4 Å². The van der Waals surface area contributed by atoms with E-state index in [4.69, 9.17) is 5.79 Å². The minimum atomic E-state index is -0.00786. The lowest BCUT2D eigenvalue weighted by Crippen LogP contribution is -1.90. The van der Waals surface area contributed by atoms with Crippen LogP contribution in [0.2, 0.25) is 0 Å². The first-order valence-electron chi connectivity index (χ1n) is 14.6. The summed E-state index contributed by atoms with van der Waals surface area (Å²) in [6.45, 7) is 0. The van der Waals surface area contributed by atoms with E-state index in [1.165, 1.54) is 0 Å². The van der Waals surface area contributed by atoms with Gasteiger partial charge >= 0.3 is 0 Å². The summed E-state index contributed by atoms with van der Waals surface area (Å²) < 4.78 is 34.3. The van der Waals surface area contributed by atoms with Crippen molar-refractivity contribution >= 4 is 43.5 Å². The zero-order chi connectivity index (χ0) is 28.4. The van der Waals surface area contributed by atoms with Gasteiger partial charge in [0.1, 0.15) is 11.2 Å². The number of para-hydroxylation sites is 1. The van der Waals surface area contributed by atoms with Crippen LogP contribution in [0, 0.1) is 0 Å². The predicted molar refractivity (Wildman–Crippen MR) is 165 cm³/mol. The Morgan fingerprint density at radius 3 is 1.54 bits per heavy atom. The lowest BCUT2D eigenvalue weighted by molar-refractivity contribution is 0.670. The Labute approximate surface area is 230 Å². The summed E-state index contributed by atoms with van der Waals surface area (Å²) in [6, 6.07) is 42.9. The van der Waals surface area contributed by atoms with Crippen molar-refractivity contribution in [2.24, 2.45) is 0 Å². The summed E-state index contributed by atoms with van der Waals surface area (Å²) in [5, 5.41) is 5.35. The van der Waals surface area contributed by atoms with Crippen LogP contribution in [0.4, 0.5) is 0 Å². The van der Waals surface area contributed by atoms with Gasteiger partial charge in [-0.15, -0.1) is 0 Å². The van der Waals surface area contributed by atoms with Crippen LogP contribution in [-0.2, 0) is 0 Å². The fourth-order valence-electron chi connectivity index (χ4n) is 5.89. The average Bonchev–Trinajstić information content (AvgIpc) is 3.45. The van der Waals surface area contributed by atoms with E-state index in [0.717, 1.165) is 54.7 Å². The molecule has 0 aliphatic rings. The van der Waals surface area contributed by atoms with Crippen LogP contribution in [0.15, 0.2) is 150 Å². The van der Waals surface area contributed by atoms with Gasteiger partial charge in [0, 0.05) is 16.3 Å². The summed E-state index contributed by atoms with van der Waals surface area (Å²) in [4.78, 5) is 0. The van der Waals surface area contributed by atoms with Crippen LogP contribution in [0.3, 0.4) is 0 Å². The van der Waals surface area contributed by atoms with Crippen LogP contribution >= 0.6 is 0 Å². The van der Waals surface area contributed by atoms with Crippen LogP contribution in [0.5, 0.6) is 0 Å². The number of fused-ring (bicyclic) bond motifs is 5. The van der Waals surface area contributed by atoms with E-state index in [9.17, 15) is 2.74 Å². The van der Waals surface area contributed by atoms with Gasteiger partial charge in [0.25, 0.3) is 0 Å². The molecule has 7 aromatic carbocycles. The molecule has 1 heterocycles. The molecule has 0 radical (unpaired) electrons. The number of benzene rings is 7. The molecule has 0 aliphatic carbocycles. The van der Waals surface area contributed by atoms with Crippen molar-refractivity contribution in [2.45, 2.75) is 0 Å². The second kappa shape index (κ2) is 8.72. The molecule has 0 saturated carbocycles. The molecule has 0 atom stereocenters. The third kappa shape index (κ3) is 3.41. The van der Waals surface area contributed by atoms with Crippen molar-refractivity contribution in [3.05, 3.63) is 146 Å². The zero-order valence-electron chi connectivity index (χ0n) is 24.0. The highest BCUT2D eigenvalue weighted by molar-refractivity contribution is 6.22.